The summed E-state index contributed by atoms with van der Waals surface area (Å²) in [6.07, 6.45) is 54.4. The van der Waals surface area contributed by atoms with Crippen LogP contribution in [0.2, 0.25) is 0 Å². The summed E-state index contributed by atoms with van der Waals surface area (Å²) in [7, 11) is 0. The summed E-state index contributed by atoms with van der Waals surface area (Å²) in [5.74, 6) is -0.889. The maximum absolute atomic E-state index is 12.8. The van der Waals surface area contributed by atoms with Gasteiger partial charge in [0.15, 0.2) is 6.10 Å². The second-order valence-corrected chi connectivity index (χ2v) is 17.5. The van der Waals surface area contributed by atoms with Gasteiger partial charge < -0.3 is 14.2 Å². The van der Waals surface area contributed by atoms with Crippen molar-refractivity contribution in [1.29, 1.82) is 0 Å². The highest BCUT2D eigenvalue weighted by molar-refractivity contribution is 5.71. The monoisotopic (exact) mass is 831 g/mol. The van der Waals surface area contributed by atoms with Gasteiger partial charge in [0.1, 0.15) is 13.2 Å². The summed E-state index contributed by atoms with van der Waals surface area (Å²) >= 11 is 0. The van der Waals surface area contributed by atoms with Gasteiger partial charge >= 0.3 is 17.9 Å². The van der Waals surface area contributed by atoms with Gasteiger partial charge in [0.25, 0.3) is 0 Å². The van der Waals surface area contributed by atoms with E-state index in [-0.39, 0.29) is 31.1 Å². The van der Waals surface area contributed by atoms with E-state index in [0.29, 0.717) is 19.3 Å². The number of hydrogen-bond acceptors (Lipinski definition) is 6. The molecule has 0 heterocycles. The van der Waals surface area contributed by atoms with E-state index in [2.05, 4.69) is 45.1 Å². The van der Waals surface area contributed by atoms with E-state index < -0.39 is 6.10 Å². The molecule has 0 rings (SSSR count). The Morgan fingerprint density at radius 1 is 0.339 bits per heavy atom. The number of rotatable bonds is 47. The van der Waals surface area contributed by atoms with Gasteiger partial charge in [-0.25, -0.2) is 0 Å². The molecular weight excluding hydrogens is 733 g/mol. The van der Waals surface area contributed by atoms with Crippen LogP contribution in [-0.4, -0.2) is 37.2 Å². The topological polar surface area (TPSA) is 78.9 Å². The van der Waals surface area contributed by atoms with Gasteiger partial charge in [-0.1, -0.05) is 238 Å². The molecule has 1 atom stereocenters. The third-order valence-corrected chi connectivity index (χ3v) is 11.5. The Labute approximate surface area is 366 Å². The minimum absolute atomic E-state index is 0.0749. The molecule has 0 aromatic rings. The summed E-state index contributed by atoms with van der Waals surface area (Å²) in [4.78, 5) is 37.9. The maximum atomic E-state index is 12.8. The zero-order valence-electron chi connectivity index (χ0n) is 39.5. The normalized spacial score (nSPS) is 12.1. The molecule has 0 spiro atoms. The van der Waals surface area contributed by atoms with Crippen molar-refractivity contribution >= 4 is 17.9 Å². The third kappa shape index (κ3) is 46.8. The fraction of sp³-hybridized carbons (Fsp3) is 0.868. The highest BCUT2D eigenvalue weighted by atomic mass is 16.6. The van der Waals surface area contributed by atoms with Crippen molar-refractivity contribution in [1.82, 2.24) is 0 Å². The Morgan fingerprint density at radius 2 is 0.593 bits per heavy atom. The lowest BCUT2D eigenvalue weighted by Crippen LogP contribution is -2.30. The highest BCUT2D eigenvalue weighted by Crippen LogP contribution is 2.16. The van der Waals surface area contributed by atoms with Gasteiger partial charge in [-0.05, 0) is 44.9 Å². The van der Waals surface area contributed by atoms with Gasteiger partial charge in [0, 0.05) is 19.3 Å². The lowest BCUT2D eigenvalue weighted by atomic mass is 10.0. The van der Waals surface area contributed by atoms with Crippen LogP contribution in [0.15, 0.2) is 24.3 Å². The number of esters is 3. The van der Waals surface area contributed by atoms with E-state index in [1.807, 2.05) is 0 Å². The lowest BCUT2D eigenvalue weighted by Gasteiger charge is -2.18. The first-order valence-corrected chi connectivity index (χ1v) is 25.9. The molecule has 0 amide bonds. The van der Waals surface area contributed by atoms with Gasteiger partial charge in [0.2, 0.25) is 0 Å². The minimum Gasteiger partial charge on any atom is -0.462 e. The smallest absolute Gasteiger partial charge is 0.306 e. The summed E-state index contributed by atoms with van der Waals surface area (Å²) in [6, 6.07) is 0. The molecule has 0 aliphatic rings. The summed E-state index contributed by atoms with van der Waals surface area (Å²) in [5, 5.41) is 0. The number of carbonyl (C=O) groups excluding carboxylic acids is 3. The van der Waals surface area contributed by atoms with E-state index in [0.717, 1.165) is 70.6 Å². The predicted octanol–water partition coefficient (Wildman–Crippen LogP) is 16.8. The molecule has 0 aliphatic heterocycles. The lowest BCUT2D eigenvalue weighted by molar-refractivity contribution is -0.167. The first-order valence-electron chi connectivity index (χ1n) is 25.9. The summed E-state index contributed by atoms with van der Waals surface area (Å²) in [5.41, 5.74) is 0. The van der Waals surface area contributed by atoms with Crippen molar-refractivity contribution < 1.29 is 28.6 Å². The second-order valence-electron chi connectivity index (χ2n) is 17.5. The molecule has 0 N–H and O–H groups in total. The molecule has 59 heavy (non-hydrogen) atoms. The molecular formula is C53H98O6. The Hall–Kier alpha value is -2.11. The van der Waals surface area contributed by atoms with Crippen molar-refractivity contribution in [2.45, 2.75) is 284 Å². The molecule has 0 aromatic carbocycles. The van der Waals surface area contributed by atoms with Gasteiger partial charge in [0.05, 0.1) is 0 Å². The Morgan fingerprint density at radius 3 is 0.915 bits per heavy atom. The van der Waals surface area contributed by atoms with Crippen LogP contribution in [0.4, 0.5) is 0 Å². The number of unbranched alkanes of at least 4 members (excludes halogenated alkanes) is 33. The Balaban J connectivity index is 4.37. The van der Waals surface area contributed by atoms with Crippen molar-refractivity contribution in [2.75, 3.05) is 13.2 Å². The van der Waals surface area contributed by atoms with Crippen molar-refractivity contribution in [2.24, 2.45) is 0 Å². The average Bonchev–Trinajstić information content (AvgIpc) is 3.23. The number of hydrogen-bond donors (Lipinski definition) is 0. The molecule has 0 aromatic heterocycles. The molecule has 346 valence electrons. The van der Waals surface area contributed by atoms with E-state index in [4.69, 9.17) is 14.2 Å². The molecule has 1 unspecified atom stereocenters. The van der Waals surface area contributed by atoms with Crippen molar-refractivity contribution in [3.05, 3.63) is 24.3 Å². The van der Waals surface area contributed by atoms with E-state index in [1.165, 1.54) is 167 Å². The average molecular weight is 831 g/mol. The molecule has 6 heteroatoms. The molecule has 0 radical (unpaired) electrons. The zero-order chi connectivity index (χ0) is 43.0. The van der Waals surface area contributed by atoms with Crippen LogP contribution >= 0.6 is 0 Å². The molecule has 0 aliphatic carbocycles. The van der Waals surface area contributed by atoms with Crippen LogP contribution in [0.5, 0.6) is 0 Å². The minimum atomic E-state index is -0.775. The SMILES string of the molecule is CCCCCCCCC/C=C\C=C/CCCCCC(=O)OCC(COC(=O)CCCCCCCCCCCCCC)OC(=O)CCCCCCCCCCCCCCC. The van der Waals surface area contributed by atoms with E-state index >= 15 is 0 Å². The molecule has 0 fully saturated rings. The maximum Gasteiger partial charge on any atom is 0.306 e. The van der Waals surface area contributed by atoms with Gasteiger partial charge in [-0.3, -0.25) is 14.4 Å². The second kappa shape index (κ2) is 48.6. The van der Waals surface area contributed by atoms with Crippen molar-refractivity contribution in [3.63, 3.8) is 0 Å². The molecule has 0 saturated heterocycles. The van der Waals surface area contributed by atoms with E-state index in [1.54, 1.807) is 0 Å². The van der Waals surface area contributed by atoms with Crippen LogP contribution in [0.25, 0.3) is 0 Å². The largest absolute Gasteiger partial charge is 0.462 e. The third-order valence-electron chi connectivity index (χ3n) is 11.5. The number of allylic oxidation sites excluding steroid dienone is 4. The van der Waals surface area contributed by atoms with E-state index in [9.17, 15) is 14.4 Å². The zero-order valence-corrected chi connectivity index (χ0v) is 39.5. The number of ether oxygens (including phenoxy) is 3. The van der Waals surface area contributed by atoms with Crippen LogP contribution in [-0.2, 0) is 28.6 Å². The first-order chi connectivity index (χ1) is 29.0. The summed E-state index contributed by atoms with van der Waals surface area (Å²) < 4.78 is 16.8. The predicted molar refractivity (Wildman–Crippen MR) is 252 cm³/mol. The van der Waals surface area contributed by atoms with Crippen molar-refractivity contribution in [3.8, 4) is 0 Å². The van der Waals surface area contributed by atoms with Crippen LogP contribution < -0.4 is 0 Å². The van der Waals surface area contributed by atoms with Gasteiger partial charge in [-0.15, -0.1) is 0 Å². The summed E-state index contributed by atoms with van der Waals surface area (Å²) in [6.45, 7) is 6.63. The number of carbonyl (C=O) groups is 3. The first kappa shape index (κ1) is 56.9. The highest BCUT2D eigenvalue weighted by Gasteiger charge is 2.19. The van der Waals surface area contributed by atoms with Gasteiger partial charge in [-0.2, -0.15) is 0 Å². The molecule has 6 nitrogen and oxygen atoms in total. The molecule has 0 saturated carbocycles. The fourth-order valence-electron chi connectivity index (χ4n) is 7.55. The molecule has 0 bridgehead atoms. The fourth-order valence-corrected chi connectivity index (χ4v) is 7.55. The quantitative estimate of drug-likeness (QED) is 0.0263. The van der Waals surface area contributed by atoms with Crippen LogP contribution in [0, 0.1) is 0 Å². The standard InChI is InChI=1S/C53H98O6/c1-4-7-10-13-16-19-22-25-26-27-29-31-34-37-40-43-46-52(55)58-49-50(48-57-51(54)45-42-39-36-33-30-24-21-18-15-12-9-6-3)59-53(56)47-44-41-38-35-32-28-23-20-17-14-11-8-5-2/h26-27,29,31,50H,4-25,28,30,32-49H2,1-3H3/b27-26-,31-29-. The van der Waals surface area contributed by atoms with Crippen LogP contribution in [0.1, 0.15) is 278 Å². The van der Waals surface area contributed by atoms with Crippen LogP contribution in [0.3, 0.4) is 0 Å². The Kier molecular flexibility index (Phi) is 46.8. The Bertz CT molecular complexity index is 958.